The Labute approximate surface area is 121 Å². The number of aromatic nitrogens is 1. The lowest BCUT2D eigenvalue weighted by atomic mass is 9.96. The van der Waals surface area contributed by atoms with Gasteiger partial charge in [0.15, 0.2) is 0 Å². The van der Waals surface area contributed by atoms with Gasteiger partial charge in [-0.3, -0.25) is 0 Å². The van der Waals surface area contributed by atoms with Gasteiger partial charge in [0.05, 0.1) is 0 Å². The minimum absolute atomic E-state index is 0.0885. The number of nitriles is 1. The molecule has 1 heterocycles. The highest BCUT2D eigenvalue weighted by molar-refractivity contribution is 9.09. The average molecular weight is 344 g/mol. The van der Waals surface area contributed by atoms with E-state index in [1.807, 2.05) is 6.07 Å². The minimum atomic E-state index is -3.57. The van der Waals surface area contributed by atoms with Crippen molar-refractivity contribution in [3.05, 3.63) is 24.0 Å². The van der Waals surface area contributed by atoms with E-state index in [1.54, 1.807) is 0 Å². The van der Waals surface area contributed by atoms with Gasteiger partial charge in [0.2, 0.25) is 10.0 Å². The number of nitrogens with one attached hydrogen (secondary N) is 1. The number of halogens is 1. The summed E-state index contributed by atoms with van der Waals surface area (Å²) in [5.74, 6) is 0. The summed E-state index contributed by atoms with van der Waals surface area (Å²) >= 11 is 3.52. The summed E-state index contributed by atoms with van der Waals surface area (Å²) in [5, 5.41) is 8.64. The number of alkyl halides is 1. The molecule has 2 atom stereocenters. The Morgan fingerprint density at radius 3 is 2.68 bits per heavy atom. The van der Waals surface area contributed by atoms with Crippen molar-refractivity contribution < 1.29 is 8.42 Å². The molecule has 7 heteroatoms. The molecule has 0 bridgehead atoms. The molecule has 102 valence electrons. The molecule has 1 saturated carbocycles. The average Bonchev–Trinajstić information content (AvgIpc) is 2.41. The molecular formula is C12H14BrN3O2S. The molecule has 1 aliphatic rings. The maximum absolute atomic E-state index is 12.2. The summed E-state index contributed by atoms with van der Waals surface area (Å²) in [5.41, 5.74) is 0.204. The molecule has 1 fully saturated rings. The first-order valence-corrected chi connectivity index (χ1v) is 8.45. The number of hydrogen-bond acceptors (Lipinski definition) is 4. The summed E-state index contributed by atoms with van der Waals surface area (Å²) in [6, 6.07) is 4.58. The molecule has 0 saturated heterocycles. The maximum Gasteiger partial charge on any atom is 0.242 e. The van der Waals surface area contributed by atoms with E-state index >= 15 is 0 Å². The fourth-order valence-electron chi connectivity index (χ4n) is 2.09. The largest absolute Gasteiger partial charge is 0.244 e. The van der Waals surface area contributed by atoms with Crippen LogP contribution < -0.4 is 4.72 Å². The number of hydrogen-bond donors (Lipinski definition) is 1. The zero-order valence-corrected chi connectivity index (χ0v) is 12.6. The number of sulfonamides is 1. The third-order valence-corrected chi connectivity index (χ3v) is 5.72. The van der Waals surface area contributed by atoms with Crippen molar-refractivity contribution in [1.29, 1.82) is 5.26 Å². The van der Waals surface area contributed by atoms with Gasteiger partial charge in [0.25, 0.3) is 0 Å². The van der Waals surface area contributed by atoms with Crippen molar-refractivity contribution in [3.63, 3.8) is 0 Å². The first kappa shape index (κ1) is 14.4. The second-order valence-corrected chi connectivity index (χ2v) is 7.41. The van der Waals surface area contributed by atoms with Crippen LogP contribution in [0, 0.1) is 11.3 Å². The van der Waals surface area contributed by atoms with E-state index in [9.17, 15) is 8.42 Å². The van der Waals surface area contributed by atoms with Crippen LogP contribution in [-0.2, 0) is 10.0 Å². The van der Waals surface area contributed by atoms with Gasteiger partial charge in [-0.25, -0.2) is 18.1 Å². The maximum atomic E-state index is 12.2. The zero-order chi connectivity index (χ0) is 13.9. The van der Waals surface area contributed by atoms with Gasteiger partial charge in [-0.1, -0.05) is 28.8 Å². The zero-order valence-electron chi connectivity index (χ0n) is 10.2. The molecule has 1 aromatic rings. The van der Waals surface area contributed by atoms with Gasteiger partial charge in [-0.15, -0.1) is 0 Å². The van der Waals surface area contributed by atoms with E-state index in [0.29, 0.717) is 0 Å². The van der Waals surface area contributed by atoms with Crippen LogP contribution in [-0.4, -0.2) is 24.3 Å². The second kappa shape index (κ2) is 5.99. The summed E-state index contributed by atoms with van der Waals surface area (Å²) in [4.78, 5) is 4.05. The Morgan fingerprint density at radius 1 is 1.37 bits per heavy atom. The van der Waals surface area contributed by atoms with E-state index in [-0.39, 0.29) is 21.5 Å². The molecule has 0 aliphatic heterocycles. The molecule has 1 N–H and O–H groups in total. The standard InChI is InChI=1S/C12H14BrN3O2S/c13-11-3-1-2-4-12(11)16-19(17,18)10-6-5-9(7-14)15-8-10/h5-6,8,11-12,16H,1-4H2. The highest BCUT2D eigenvalue weighted by Crippen LogP contribution is 2.25. The Hall–Kier alpha value is -0.970. The molecule has 19 heavy (non-hydrogen) atoms. The van der Waals surface area contributed by atoms with Crippen molar-refractivity contribution in [2.45, 2.75) is 41.4 Å². The monoisotopic (exact) mass is 343 g/mol. The molecule has 0 aromatic carbocycles. The van der Waals surface area contributed by atoms with Crippen LogP contribution >= 0.6 is 15.9 Å². The molecule has 5 nitrogen and oxygen atoms in total. The third kappa shape index (κ3) is 3.53. The molecule has 0 amide bonds. The lowest BCUT2D eigenvalue weighted by molar-refractivity contribution is 0.427. The third-order valence-electron chi connectivity index (χ3n) is 3.15. The molecule has 1 aromatic heterocycles. The topological polar surface area (TPSA) is 82.8 Å². The van der Waals surface area contributed by atoms with Crippen LogP contribution in [0.3, 0.4) is 0 Å². The van der Waals surface area contributed by atoms with E-state index in [0.717, 1.165) is 25.7 Å². The molecule has 0 radical (unpaired) electrons. The van der Waals surface area contributed by atoms with Gasteiger partial charge in [0, 0.05) is 17.1 Å². The second-order valence-electron chi connectivity index (χ2n) is 4.52. The van der Waals surface area contributed by atoms with Gasteiger partial charge in [0.1, 0.15) is 16.7 Å². The van der Waals surface area contributed by atoms with Gasteiger partial charge >= 0.3 is 0 Å². The van der Waals surface area contributed by atoms with Crippen LogP contribution in [0.4, 0.5) is 0 Å². The summed E-state index contributed by atoms with van der Waals surface area (Å²) < 4.78 is 27.1. The Morgan fingerprint density at radius 2 is 2.11 bits per heavy atom. The Bertz CT molecular complexity index is 580. The molecule has 1 aliphatic carbocycles. The smallest absolute Gasteiger partial charge is 0.242 e. The van der Waals surface area contributed by atoms with E-state index in [1.165, 1.54) is 18.3 Å². The van der Waals surface area contributed by atoms with Gasteiger partial charge in [-0.2, -0.15) is 5.26 Å². The van der Waals surface area contributed by atoms with Crippen LogP contribution in [0.25, 0.3) is 0 Å². The first-order valence-electron chi connectivity index (χ1n) is 6.05. The predicted octanol–water partition coefficient (Wildman–Crippen LogP) is 1.94. The van der Waals surface area contributed by atoms with Crippen LogP contribution in [0.1, 0.15) is 31.4 Å². The summed E-state index contributed by atoms with van der Waals surface area (Å²) in [6.07, 6.45) is 5.16. The van der Waals surface area contributed by atoms with Crippen LogP contribution in [0.15, 0.2) is 23.2 Å². The van der Waals surface area contributed by atoms with Gasteiger partial charge in [-0.05, 0) is 25.0 Å². The minimum Gasteiger partial charge on any atom is -0.244 e. The van der Waals surface area contributed by atoms with E-state index in [4.69, 9.17) is 5.26 Å². The summed E-state index contributed by atoms with van der Waals surface area (Å²) in [6.45, 7) is 0. The fourth-order valence-corrected chi connectivity index (χ4v) is 4.24. The van der Waals surface area contributed by atoms with E-state index in [2.05, 4.69) is 25.6 Å². The van der Waals surface area contributed by atoms with Crippen molar-refractivity contribution in [1.82, 2.24) is 9.71 Å². The lowest BCUT2D eigenvalue weighted by Crippen LogP contribution is -2.42. The molecular weight excluding hydrogens is 330 g/mol. The fraction of sp³-hybridized carbons (Fsp3) is 0.500. The number of nitrogens with zero attached hydrogens (tertiary/aromatic N) is 2. The Kier molecular flexibility index (Phi) is 4.55. The Balaban J connectivity index is 2.15. The highest BCUT2D eigenvalue weighted by Gasteiger charge is 2.27. The molecule has 2 unspecified atom stereocenters. The molecule has 0 spiro atoms. The lowest BCUT2D eigenvalue weighted by Gasteiger charge is -2.27. The number of rotatable bonds is 3. The quantitative estimate of drug-likeness (QED) is 0.850. The first-order chi connectivity index (χ1) is 9.03. The van der Waals surface area contributed by atoms with Crippen LogP contribution in [0.2, 0.25) is 0 Å². The van der Waals surface area contributed by atoms with Crippen molar-refractivity contribution in [2.24, 2.45) is 0 Å². The van der Waals surface area contributed by atoms with E-state index < -0.39 is 10.0 Å². The van der Waals surface area contributed by atoms with Crippen molar-refractivity contribution in [3.8, 4) is 6.07 Å². The normalized spacial score (nSPS) is 23.8. The van der Waals surface area contributed by atoms with Crippen molar-refractivity contribution >= 4 is 26.0 Å². The van der Waals surface area contributed by atoms with Crippen LogP contribution in [0.5, 0.6) is 0 Å². The van der Waals surface area contributed by atoms with Crippen molar-refractivity contribution in [2.75, 3.05) is 0 Å². The number of pyridine rings is 1. The summed E-state index contributed by atoms with van der Waals surface area (Å²) in [7, 11) is -3.57. The molecule has 2 rings (SSSR count). The SMILES string of the molecule is N#Cc1ccc(S(=O)(=O)NC2CCCCC2Br)cn1. The highest BCUT2D eigenvalue weighted by atomic mass is 79.9. The van der Waals surface area contributed by atoms with Gasteiger partial charge < -0.3 is 0 Å². The predicted molar refractivity (Wildman–Crippen MR) is 74.2 cm³/mol.